The molecule has 2 rings (SSSR count). The van der Waals surface area contributed by atoms with Gasteiger partial charge in [-0.2, -0.15) is 0 Å². The Morgan fingerprint density at radius 2 is 2.36 bits per heavy atom. The van der Waals surface area contributed by atoms with Gasteiger partial charge in [0.25, 0.3) is 0 Å². The molecule has 0 fully saturated rings. The standard InChI is InChI=1S/C10H9BrFNO/c11-8-5-7(12)6-13-10(8)9-3-1-2-4-14-9/h3,5-6H,1-2,4H2. The van der Waals surface area contributed by atoms with Gasteiger partial charge in [-0.25, -0.2) is 9.37 Å². The highest BCUT2D eigenvalue weighted by atomic mass is 79.9. The van der Waals surface area contributed by atoms with Crippen LogP contribution in [0.5, 0.6) is 0 Å². The first kappa shape index (κ1) is 9.65. The summed E-state index contributed by atoms with van der Waals surface area (Å²) in [6.07, 6.45) is 5.19. The van der Waals surface area contributed by atoms with E-state index >= 15 is 0 Å². The number of hydrogen-bond donors (Lipinski definition) is 0. The molecule has 1 aromatic rings. The minimum absolute atomic E-state index is 0.350. The van der Waals surface area contributed by atoms with Crippen LogP contribution in [0.3, 0.4) is 0 Å². The molecule has 0 amide bonds. The molecule has 74 valence electrons. The first-order chi connectivity index (χ1) is 6.77. The van der Waals surface area contributed by atoms with E-state index in [9.17, 15) is 4.39 Å². The molecule has 0 unspecified atom stereocenters. The highest BCUT2D eigenvalue weighted by Crippen LogP contribution is 2.26. The molecule has 0 saturated carbocycles. The van der Waals surface area contributed by atoms with E-state index in [0.717, 1.165) is 18.6 Å². The third-order valence-corrected chi connectivity index (χ3v) is 2.58. The molecule has 0 saturated heterocycles. The molecule has 2 heterocycles. The molecule has 14 heavy (non-hydrogen) atoms. The Hall–Kier alpha value is -0.900. The van der Waals surface area contributed by atoms with Gasteiger partial charge >= 0.3 is 0 Å². The van der Waals surface area contributed by atoms with Crippen LogP contribution in [0.2, 0.25) is 0 Å². The summed E-state index contributed by atoms with van der Waals surface area (Å²) in [5.74, 6) is 0.389. The maximum Gasteiger partial charge on any atom is 0.142 e. The Morgan fingerprint density at radius 3 is 3.00 bits per heavy atom. The van der Waals surface area contributed by atoms with Gasteiger partial charge in [-0.3, -0.25) is 0 Å². The Kier molecular flexibility index (Phi) is 2.82. The Morgan fingerprint density at radius 1 is 1.50 bits per heavy atom. The van der Waals surface area contributed by atoms with Crippen LogP contribution in [0.25, 0.3) is 5.76 Å². The lowest BCUT2D eigenvalue weighted by molar-refractivity contribution is 0.257. The number of pyridine rings is 1. The van der Waals surface area contributed by atoms with E-state index in [1.807, 2.05) is 6.08 Å². The fourth-order valence-corrected chi connectivity index (χ4v) is 1.83. The van der Waals surface area contributed by atoms with Crippen molar-refractivity contribution in [2.75, 3.05) is 6.61 Å². The minimum Gasteiger partial charge on any atom is -0.492 e. The molecule has 0 aliphatic carbocycles. The Labute approximate surface area is 89.9 Å². The van der Waals surface area contributed by atoms with Crippen molar-refractivity contribution in [3.05, 3.63) is 34.3 Å². The first-order valence-corrected chi connectivity index (χ1v) is 5.21. The van der Waals surface area contributed by atoms with Crippen molar-refractivity contribution >= 4 is 21.7 Å². The lowest BCUT2D eigenvalue weighted by Crippen LogP contribution is -2.02. The van der Waals surface area contributed by atoms with E-state index in [1.165, 1.54) is 12.3 Å². The number of nitrogens with zero attached hydrogens (tertiary/aromatic N) is 1. The summed E-state index contributed by atoms with van der Waals surface area (Å²) in [5, 5.41) is 0. The van der Waals surface area contributed by atoms with Crippen molar-refractivity contribution < 1.29 is 9.13 Å². The third-order valence-electron chi connectivity index (χ3n) is 1.98. The zero-order valence-electron chi connectivity index (χ0n) is 7.46. The molecule has 1 aromatic heterocycles. The minimum atomic E-state index is -0.350. The van der Waals surface area contributed by atoms with Gasteiger partial charge in [-0.1, -0.05) is 0 Å². The van der Waals surface area contributed by atoms with E-state index in [-0.39, 0.29) is 5.82 Å². The summed E-state index contributed by atoms with van der Waals surface area (Å²) in [4.78, 5) is 3.99. The van der Waals surface area contributed by atoms with Crippen molar-refractivity contribution in [2.45, 2.75) is 12.8 Å². The number of rotatable bonds is 1. The van der Waals surface area contributed by atoms with E-state index < -0.39 is 0 Å². The highest BCUT2D eigenvalue weighted by Gasteiger charge is 2.12. The fraction of sp³-hybridized carbons (Fsp3) is 0.300. The molecule has 0 atom stereocenters. The quantitative estimate of drug-likeness (QED) is 0.772. The Balaban J connectivity index is 2.35. The van der Waals surface area contributed by atoms with Gasteiger partial charge in [0.15, 0.2) is 0 Å². The zero-order chi connectivity index (χ0) is 9.97. The van der Waals surface area contributed by atoms with E-state index in [4.69, 9.17) is 4.74 Å². The third kappa shape index (κ3) is 1.95. The molecule has 0 bridgehead atoms. The fourth-order valence-electron chi connectivity index (χ4n) is 1.32. The maximum atomic E-state index is 12.8. The van der Waals surface area contributed by atoms with Crippen molar-refractivity contribution in [1.82, 2.24) is 4.98 Å². The molecular formula is C10H9BrFNO. The van der Waals surface area contributed by atoms with E-state index in [0.29, 0.717) is 16.8 Å². The summed E-state index contributed by atoms with van der Waals surface area (Å²) in [5.41, 5.74) is 0.672. The van der Waals surface area contributed by atoms with Crippen LogP contribution in [0.15, 0.2) is 22.8 Å². The number of aromatic nitrogens is 1. The summed E-state index contributed by atoms with van der Waals surface area (Å²) in [6.45, 7) is 0.706. The molecule has 0 aromatic carbocycles. The largest absolute Gasteiger partial charge is 0.492 e. The average Bonchev–Trinajstić information content (AvgIpc) is 2.19. The van der Waals surface area contributed by atoms with Crippen LogP contribution in [0, 0.1) is 5.82 Å². The number of halogens is 2. The van der Waals surface area contributed by atoms with E-state index in [1.54, 1.807) is 0 Å². The lowest BCUT2D eigenvalue weighted by atomic mass is 10.2. The second-order valence-electron chi connectivity index (χ2n) is 3.04. The number of ether oxygens (including phenoxy) is 1. The van der Waals surface area contributed by atoms with Crippen LogP contribution in [-0.2, 0) is 4.74 Å². The summed E-state index contributed by atoms with van der Waals surface area (Å²) in [7, 11) is 0. The van der Waals surface area contributed by atoms with Crippen LogP contribution < -0.4 is 0 Å². The Bertz CT molecular complexity index is 378. The first-order valence-electron chi connectivity index (χ1n) is 4.42. The molecule has 1 aliphatic rings. The maximum absolute atomic E-state index is 12.8. The van der Waals surface area contributed by atoms with Gasteiger partial charge in [-0.15, -0.1) is 0 Å². The van der Waals surface area contributed by atoms with Gasteiger partial charge in [0, 0.05) is 4.47 Å². The second kappa shape index (κ2) is 4.09. The molecule has 1 aliphatic heterocycles. The van der Waals surface area contributed by atoms with Gasteiger partial charge in [-0.05, 0) is 40.9 Å². The second-order valence-corrected chi connectivity index (χ2v) is 3.90. The van der Waals surface area contributed by atoms with Gasteiger partial charge in [0.2, 0.25) is 0 Å². The molecule has 4 heteroatoms. The van der Waals surface area contributed by atoms with Crippen LogP contribution in [-0.4, -0.2) is 11.6 Å². The summed E-state index contributed by atoms with van der Waals surface area (Å²) in [6, 6.07) is 1.39. The number of hydrogen-bond acceptors (Lipinski definition) is 2. The van der Waals surface area contributed by atoms with Crippen molar-refractivity contribution in [3.8, 4) is 0 Å². The summed E-state index contributed by atoms with van der Waals surface area (Å²) < 4.78 is 18.8. The lowest BCUT2D eigenvalue weighted by Gasteiger charge is -2.15. The molecule has 0 spiro atoms. The molecule has 0 N–H and O–H groups in total. The smallest absolute Gasteiger partial charge is 0.142 e. The normalized spacial score (nSPS) is 16.0. The van der Waals surface area contributed by atoms with E-state index in [2.05, 4.69) is 20.9 Å². The van der Waals surface area contributed by atoms with Crippen LogP contribution >= 0.6 is 15.9 Å². The highest BCUT2D eigenvalue weighted by molar-refractivity contribution is 9.10. The van der Waals surface area contributed by atoms with Crippen LogP contribution in [0.4, 0.5) is 4.39 Å². The summed E-state index contributed by atoms with van der Waals surface area (Å²) >= 11 is 3.26. The van der Waals surface area contributed by atoms with Gasteiger partial charge in [0.1, 0.15) is 17.3 Å². The predicted molar refractivity (Wildman–Crippen MR) is 55.1 cm³/mol. The van der Waals surface area contributed by atoms with Crippen LogP contribution in [0.1, 0.15) is 18.5 Å². The van der Waals surface area contributed by atoms with Gasteiger partial charge < -0.3 is 4.74 Å². The molecule has 0 radical (unpaired) electrons. The van der Waals surface area contributed by atoms with Crippen molar-refractivity contribution in [2.24, 2.45) is 0 Å². The zero-order valence-corrected chi connectivity index (χ0v) is 9.05. The average molecular weight is 258 g/mol. The molecular weight excluding hydrogens is 249 g/mol. The SMILES string of the molecule is Fc1cnc(C2=CCCCO2)c(Br)c1. The predicted octanol–water partition coefficient (Wildman–Crippen LogP) is 3.13. The van der Waals surface area contributed by atoms with Crippen molar-refractivity contribution in [3.63, 3.8) is 0 Å². The van der Waals surface area contributed by atoms with Gasteiger partial charge in [0.05, 0.1) is 12.8 Å². The number of allylic oxidation sites excluding steroid dienone is 1. The monoisotopic (exact) mass is 257 g/mol. The molecule has 2 nitrogen and oxygen atoms in total. The topological polar surface area (TPSA) is 22.1 Å². The van der Waals surface area contributed by atoms with Crippen molar-refractivity contribution in [1.29, 1.82) is 0 Å².